The van der Waals surface area contributed by atoms with Crippen molar-refractivity contribution in [1.29, 1.82) is 0 Å². The van der Waals surface area contributed by atoms with Gasteiger partial charge in [0.05, 0.1) is 0 Å². The fourth-order valence-electron chi connectivity index (χ4n) is 0.345. The standard InChI is InChI=1S/C5H9NO3/c1-4(7)2-3-6-5(8)9/h6H,2-3H2,1H3,(H,8,9). The Kier molecular flexibility index (Phi) is 3.43. The third kappa shape index (κ3) is 6.94. The van der Waals surface area contributed by atoms with Gasteiger partial charge in [-0.05, 0) is 6.92 Å². The highest BCUT2D eigenvalue weighted by Gasteiger charge is 1.94. The van der Waals surface area contributed by atoms with Crippen LogP contribution in [0.1, 0.15) is 13.3 Å². The number of ketones is 1. The number of amides is 1. The first-order valence-corrected chi connectivity index (χ1v) is 2.59. The smallest absolute Gasteiger partial charge is 0.404 e. The molecule has 0 aliphatic heterocycles. The number of hydrogen-bond donors (Lipinski definition) is 2. The van der Waals surface area contributed by atoms with E-state index < -0.39 is 6.09 Å². The molecule has 0 aliphatic rings. The molecule has 9 heavy (non-hydrogen) atoms. The Morgan fingerprint density at radius 3 is 2.44 bits per heavy atom. The van der Waals surface area contributed by atoms with Crippen LogP contribution >= 0.6 is 0 Å². The lowest BCUT2D eigenvalue weighted by atomic mass is 10.3. The molecule has 0 aromatic carbocycles. The molecular formula is C5H9NO3. The van der Waals surface area contributed by atoms with Gasteiger partial charge < -0.3 is 10.4 Å². The van der Waals surface area contributed by atoms with E-state index in [1.54, 1.807) is 0 Å². The van der Waals surface area contributed by atoms with Crippen LogP contribution in [-0.4, -0.2) is 23.5 Å². The molecular weight excluding hydrogens is 122 g/mol. The molecule has 0 heterocycles. The Labute approximate surface area is 52.9 Å². The molecule has 4 nitrogen and oxygen atoms in total. The number of carboxylic acid groups (broad SMARTS) is 1. The molecule has 0 fully saturated rings. The van der Waals surface area contributed by atoms with E-state index in [1.165, 1.54) is 6.92 Å². The summed E-state index contributed by atoms with van der Waals surface area (Å²) in [5.41, 5.74) is 0. The number of Topliss-reactive ketones (excluding diaryl/α,β-unsaturated/α-hetero) is 1. The topological polar surface area (TPSA) is 66.4 Å². The van der Waals surface area contributed by atoms with Gasteiger partial charge in [-0.15, -0.1) is 0 Å². The fraction of sp³-hybridized carbons (Fsp3) is 0.600. The Bertz CT molecular complexity index is 107. The molecule has 0 aromatic rings. The predicted molar refractivity (Wildman–Crippen MR) is 31.3 cm³/mol. The van der Waals surface area contributed by atoms with Gasteiger partial charge in [-0.2, -0.15) is 0 Å². The van der Waals surface area contributed by atoms with Crippen molar-refractivity contribution < 1.29 is 14.7 Å². The largest absolute Gasteiger partial charge is 0.465 e. The van der Waals surface area contributed by atoms with Gasteiger partial charge >= 0.3 is 6.09 Å². The maximum absolute atomic E-state index is 10.2. The van der Waals surface area contributed by atoms with Crippen LogP contribution in [0.25, 0.3) is 0 Å². The number of carbonyl (C=O) groups excluding carboxylic acids is 1. The van der Waals surface area contributed by atoms with Crippen molar-refractivity contribution in [2.45, 2.75) is 13.3 Å². The third-order valence-electron chi connectivity index (χ3n) is 0.753. The highest BCUT2D eigenvalue weighted by atomic mass is 16.4. The summed E-state index contributed by atoms with van der Waals surface area (Å²) in [5.74, 6) is -0.0104. The van der Waals surface area contributed by atoms with E-state index in [2.05, 4.69) is 5.32 Å². The molecule has 0 unspecified atom stereocenters. The van der Waals surface area contributed by atoms with Crippen molar-refractivity contribution in [2.24, 2.45) is 0 Å². The first kappa shape index (κ1) is 7.94. The van der Waals surface area contributed by atoms with Gasteiger partial charge in [0.2, 0.25) is 0 Å². The maximum atomic E-state index is 10.2. The minimum atomic E-state index is -1.09. The lowest BCUT2D eigenvalue weighted by Gasteiger charge is -1.94. The van der Waals surface area contributed by atoms with Gasteiger partial charge in [0.25, 0.3) is 0 Å². The van der Waals surface area contributed by atoms with Gasteiger partial charge in [0, 0.05) is 13.0 Å². The van der Waals surface area contributed by atoms with Gasteiger partial charge in [-0.3, -0.25) is 4.79 Å². The second-order valence-corrected chi connectivity index (χ2v) is 1.68. The first-order chi connectivity index (χ1) is 4.13. The maximum Gasteiger partial charge on any atom is 0.404 e. The number of hydrogen-bond acceptors (Lipinski definition) is 2. The van der Waals surface area contributed by atoms with Crippen LogP contribution < -0.4 is 5.32 Å². The average molecular weight is 131 g/mol. The summed E-state index contributed by atoms with van der Waals surface area (Å²) in [6.45, 7) is 1.63. The summed E-state index contributed by atoms with van der Waals surface area (Å²) in [6.07, 6.45) is -0.817. The Balaban J connectivity index is 3.10. The zero-order valence-corrected chi connectivity index (χ0v) is 5.18. The second-order valence-electron chi connectivity index (χ2n) is 1.68. The van der Waals surface area contributed by atoms with Crippen LogP contribution in [0.2, 0.25) is 0 Å². The van der Waals surface area contributed by atoms with E-state index in [9.17, 15) is 9.59 Å². The third-order valence-corrected chi connectivity index (χ3v) is 0.753. The highest BCUT2D eigenvalue weighted by molar-refractivity contribution is 5.76. The molecule has 0 atom stereocenters. The molecule has 0 aromatic heterocycles. The lowest BCUT2D eigenvalue weighted by molar-refractivity contribution is -0.116. The van der Waals surface area contributed by atoms with Crippen LogP contribution in [0, 0.1) is 0 Å². The summed E-state index contributed by atoms with van der Waals surface area (Å²) in [6, 6.07) is 0. The van der Waals surface area contributed by atoms with Crippen LogP contribution in [0.15, 0.2) is 0 Å². The molecule has 52 valence electrons. The Morgan fingerprint density at radius 2 is 2.11 bits per heavy atom. The normalized spacial score (nSPS) is 8.56. The zero-order chi connectivity index (χ0) is 7.28. The molecule has 0 spiro atoms. The van der Waals surface area contributed by atoms with Gasteiger partial charge in [0.1, 0.15) is 5.78 Å². The summed E-state index contributed by atoms with van der Waals surface area (Å²) in [7, 11) is 0. The van der Waals surface area contributed by atoms with Crippen molar-refractivity contribution in [3.05, 3.63) is 0 Å². The van der Waals surface area contributed by atoms with Crippen LogP contribution in [0.5, 0.6) is 0 Å². The fourth-order valence-corrected chi connectivity index (χ4v) is 0.345. The minimum Gasteiger partial charge on any atom is -0.465 e. The van der Waals surface area contributed by atoms with Crippen molar-refractivity contribution >= 4 is 11.9 Å². The predicted octanol–water partition coefficient (Wildman–Crippen LogP) is 0.233. The second kappa shape index (κ2) is 3.88. The van der Waals surface area contributed by atoms with Crippen LogP contribution in [-0.2, 0) is 4.79 Å². The van der Waals surface area contributed by atoms with Crippen molar-refractivity contribution in [3.63, 3.8) is 0 Å². The van der Waals surface area contributed by atoms with Crippen molar-refractivity contribution in [2.75, 3.05) is 6.54 Å². The zero-order valence-electron chi connectivity index (χ0n) is 5.18. The molecule has 1 amide bonds. The number of carbonyl (C=O) groups is 2. The molecule has 0 saturated carbocycles. The highest BCUT2D eigenvalue weighted by Crippen LogP contribution is 1.76. The monoisotopic (exact) mass is 131 g/mol. The van der Waals surface area contributed by atoms with Gasteiger partial charge in [-0.1, -0.05) is 0 Å². The molecule has 2 N–H and O–H groups in total. The molecule has 0 radical (unpaired) electrons. The molecule has 0 bridgehead atoms. The summed E-state index contributed by atoms with van der Waals surface area (Å²) in [4.78, 5) is 20.0. The van der Waals surface area contributed by atoms with E-state index >= 15 is 0 Å². The van der Waals surface area contributed by atoms with Crippen LogP contribution in [0.4, 0.5) is 4.79 Å². The molecule has 0 saturated heterocycles. The van der Waals surface area contributed by atoms with Crippen molar-refractivity contribution in [3.8, 4) is 0 Å². The van der Waals surface area contributed by atoms with Crippen LogP contribution in [0.3, 0.4) is 0 Å². The van der Waals surface area contributed by atoms with Gasteiger partial charge in [-0.25, -0.2) is 4.79 Å². The first-order valence-electron chi connectivity index (χ1n) is 2.59. The molecule has 4 heteroatoms. The average Bonchev–Trinajstić information content (AvgIpc) is 1.63. The molecule has 0 rings (SSSR count). The molecule has 0 aliphatic carbocycles. The van der Waals surface area contributed by atoms with E-state index in [0.29, 0.717) is 0 Å². The lowest BCUT2D eigenvalue weighted by Crippen LogP contribution is -2.23. The quantitative estimate of drug-likeness (QED) is 0.576. The van der Waals surface area contributed by atoms with E-state index in [1.807, 2.05) is 0 Å². The number of rotatable bonds is 3. The SMILES string of the molecule is CC(=O)CCNC(=O)O. The summed E-state index contributed by atoms with van der Waals surface area (Å²) in [5, 5.41) is 10.1. The summed E-state index contributed by atoms with van der Waals surface area (Å²) >= 11 is 0. The van der Waals surface area contributed by atoms with E-state index in [-0.39, 0.29) is 18.7 Å². The van der Waals surface area contributed by atoms with Crippen molar-refractivity contribution in [1.82, 2.24) is 5.32 Å². The minimum absolute atomic E-state index is 0.0104. The van der Waals surface area contributed by atoms with Gasteiger partial charge in [0.15, 0.2) is 0 Å². The summed E-state index contributed by atoms with van der Waals surface area (Å²) < 4.78 is 0. The number of nitrogens with one attached hydrogen (secondary N) is 1. The van der Waals surface area contributed by atoms with E-state index in [4.69, 9.17) is 5.11 Å². The Hall–Kier alpha value is -1.06. The van der Waals surface area contributed by atoms with E-state index in [0.717, 1.165) is 0 Å². The Morgan fingerprint density at radius 1 is 1.56 bits per heavy atom.